The van der Waals surface area contributed by atoms with Gasteiger partial charge in [-0.2, -0.15) is 9.40 Å². The normalized spacial score (nSPS) is 16.0. The molecule has 3 rings (SSSR count). The van der Waals surface area contributed by atoms with E-state index >= 15 is 0 Å². The van der Waals surface area contributed by atoms with Crippen LogP contribution < -0.4 is 0 Å². The lowest BCUT2D eigenvalue weighted by Crippen LogP contribution is -2.51. The molecule has 1 aliphatic heterocycles. The van der Waals surface area contributed by atoms with Crippen LogP contribution in [0.4, 0.5) is 0 Å². The molecule has 1 aromatic heterocycles. The molecule has 1 amide bonds. The Balaban J connectivity index is 1.58. The Hall–Kier alpha value is -1.91. The SMILES string of the molecule is Cc1ccc(S(=O)(=O)N2CCN(C(=O)CSc3ncn[nH]3)CC2)cc1C. The summed E-state index contributed by atoms with van der Waals surface area (Å²) < 4.78 is 27.1. The van der Waals surface area contributed by atoms with Crippen molar-refractivity contribution in [3.63, 3.8) is 0 Å². The topological polar surface area (TPSA) is 99.3 Å². The van der Waals surface area contributed by atoms with Crippen molar-refractivity contribution in [2.75, 3.05) is 31.9 Å². The molecule has 0 saturated carbocycles. The van der Waals surface area contributed by atoms with Gasteiger partial charge in [0, 0.05) is 26.2 Å². The summed E-state index contributed by atoms with van der Waals surface area (Å²) in [6, 6.07) is 5.17. The number of nitrogens with one attached hydrogen (secondary N) is 1. The Morgan fingerprint density at radius 1 is 1.19 bits per heavy atom. The Kier molecular flexibility index (Phi) is 5.64. The maximum absolute atomic E-state index is 12.8. The highest BCUT2D eigenvalue weighted by atomic mass is 32.2. The maximum atomic E-state index is 12.8. The van der Waals surface area contributed by atoms with Gasteiger partial charge >= 0.3 is 0 Å². The van der Waals surface area contributed by atoms with E-state index in [2.05, 4.69) is 15.2 Å². The number of aryl methyl sites for hydroxylation is 2. The Morgan fingerprint density at radius 3 is 2.54 bits per heavy atom. The highest BCUT2D eigenvalue weighted by molar-refractivity contribution is 7.99. The predicted molar refractivity (Wildman–Crippen MR) is 98.4 cm³/mol. The first-order chi connectivity index (χ1) is 12.4. The van der Waals surface area contributed by atoms with Crippen LogP contribution >= 0.6 is 11.8 Å². The van der Waals surface area contributed by atoms with Gasteiger partial charge in [-0.25, -0.2) is 13.4 Å². The van der Waals surface area contributed by atoms with Crippen LogP contribution in [0.3, 0.4) is 0 Å². The summed E-state index contributed by atoms with van der Waals surface area (Å²) in [6.07, 6.45) is 1.39. The summed E-state index contributed by atoms with van der Waals surface area (Å²) in [5.74, 6) is 0.216. The minimum atomic E-state index is -3.53. The average Bonchev–Trinajstić information content (AvgIpc) is 3.15. The first kappa shape index (κ1) is 18.9. The molecule has 2 aromatic rings. The lowest BCUT2D eigenvalue weighted by Gasteiger charge is -2.34. The Bertz CT molecular complexity index is 875. The fourth-order valence-electron chi connectivity index (χ4n) is 2.69. The van der Waals surface area contributed by atoms with Crippen molar-refractivity contribution in [2.45, 2.75) is 23.9 Å². The molecule has 26 heavy (non-hydrogen) atoms. The molecule has 0 unspecified atom stereocenters. The van der Waals surface area contributed by atoms with E-state index in [0.29, 0.717) is 36.2 Å². The summed E-state index contributed by atoms with van der Waals surface area (Å²) in [5.41, 5.74) is 2.01. The molecule has 0 spiro atoms. The molecule has 0 aliphatic carbocycles. The van der Waals surface area contributed by atoms with Crippen LogP contribution in [-0.4, -0.2) is 70.6 Å². The minimum Gasteiger partial charge on any atom is -0.339 e. The van der Waals surface area contributed by atoms with Crippen LogP contribution in [0.2, 0.25) is 0 Å². The van der Waals surface area contributed by atoms with E-state index in [1.165, 1.54) is 22.4 Å². The molecule has 1 N–H and O–H groups in total. The van der Waals surface area contributed by atoms with E-state index in [0.717, 1.165) is 11.1 Å². The monoisotopic (exact) mass is 395 g/mol. The Morgan fingerprint density at radius 2 is 1.92 bits per heavy atom. The third-order valence-corrected chi connectivity index (χ3v) is 7.19. The molecule has 1 aliphatic rings. The van der Waals surface area contributed by atoms with Gasteiger partial charge in [0.05, 0.1) is 10.6 Å². The molecular weight excluding hydrogens is 374 g/mol. The Labute approximate surface area is 157 Å². The standard InChI is InChI=1S/C16H21N5O3S2/c1-12-3-4-14(9-13(12)2)26(23,24)21-7-5-20(6-8-21)15(22)10-25-16-17-11-18-19-16/h3-4,9,11H,5-8,10H2,1-2H3,(H,17,18,19). The second-order valence-corrected chi connectivity index (χ2v) is 9.01. The fourth-order valence-corrected chi connectivity index (χ4v) is 4.88. The van der Waals surface area contributed by atoms with Crippen LogP contribution in [-0.2, 0) is 14.8 Å². The molecule has 10 heteroatoms. The molecular formula is C16H21N5O3S2. The predicted octanol–water partition coefficient (Wildman–Crippen LogP) is 1.05. The average molecular weight is 396 g/mol. The largest absolute Gasteiger partial charge is 0.339 e. The van der Waals surface area contributed by atoms with Gasteiger partial charge in [0.15, 0.2) is 5.16 Å². The van der Waals surface area contributed by atoms with Crippen LogP contribution in [0, 0.1) is 13.8 Å². The number of piperazine rings is 1. The molecule has 1 aromatic carbocycles. The number of carbonyl (C=O) groups is 1. The molecule has 1 saturated heterocycles. The van der Waals surface area contributed by atoms with E-state index in [4.69, 9.17) is 0 Å². The molecule has 0 atom stereocenters. The minimum absolute atomic E-state index is 0.0328. The number of aromatic nitrogens is 3. The number of benzene rings is 1. The highest BCUT2D eigenvalue weighted by Crippen LogP contribution is 2.21. The van der Waals surface area contributed by atoms with Crippen molar-refractivity contribution in [1.29, 1.82) is 0 Å². The number of hydrogen-bond acceptors (Lipinski definition) is 6. The number of thioether (sulfide) groups is 1. The van der Waals surface area contributed by atoms with Crippen LogP contribution in [0.15, 0.2) is 34.6 Å². The van der Waals surface area contributed by atoms with E-state index in [-0.39, 0.29) is 11.7 Å². The molecule has 8 nitrogen and oxygen atoms in total. The lowest BCUT2D eigenvalue weighted by molar-refractivity contribution is -0.129. The van der Waals surface area contributed by atoms with Crippen LogP contribution in [0.1, 0.15) is 11.1 Å². The van der Waals surface area contributed by atoms with Crippen LogP contribution in [0.25, 0.3) is 0 Å². The first-order valence-corrected chi connectivity index (χ1v) is 10.6. The van der Waals surface area contributed by atoms with Gasteiger partial charge in [0.2, 0.25) is 15.9 Å². The molecule has 0 bridgehead atoms. The second kappa shape index (κ2) is 7.77. The van der Waals surface area contributed by atoms with Crippen molar-refractivity contribution >= 4 is 27.7 Å². The summed E-state index contributed by atoms with van der Waals surface area (Å²) >= 11 is 1.28. The lowest BCUT2D eigenvalue weighted by atomic mass is 10.1. The van der Waals surface area contributed by atoms with Gasteiger partial charge in [0.25, 0.3) is 0 Å². The van der Waals surface area contributed by atoms with E-state index < -0.39 is 10.0 Å². The van der Waals surface area contributed by atoms with Crippen LogP contribution in [0.5, 0.6) is 0 Å². The number of H-pyrrole nitrogens is 1. The summed E-state index contributed by atoms with van der Waals surface area (Å²) in [7, 11) is -3.53. The first-order valence-electron chi connectivity index (χ1n) is 8.21. The van der Waals surface area contributed by atoms with E-state index in [9.17, 15) is 13.2 Å². The van der Waals surface area contributed by atoms with E-state index in [1.54, 1.807) is 17.0 Å². The summed E-state index contributed by atoms with van der Waals surface area (Å²) in [5, 5.41) is 7.02. The molecule has 140 valence electrons. The quantitative estimate of drug-likeness (QED) is 0.760. The van der Waals surface area contributed by atoms with Gasteiger partial charge in [-0.3, -0.25) is 9.89 Å². The second-order valence-electron chi connectivity index (χ2n) is 6.11. The third kappa shape index (κ3) is 4.08. The fraction of sp³-hybridized carbons (Fsp3) is 0.438. The van der Waals surface area contributed by atoms with Gasteiger partial charge in [-0.1, -0.05) is 17.8 Å². The summed E-state index contributed by atoms with van der Waals surface area (Å²) in [6.45, 7) is 5.23. The van der Waals surface area contributed by atoms with Gasteiger partial charge in [-0.15, -0.1) is 0 Å². The number of sulfonamides is 1. The summed E-state index contributed by atoms with van der Waals surface area (Å²) in [4.78, 5) is 18.2. The number of hydrogen-bond donors (Lipinski definition) is 1. The van der Waals surface area contributed by atoms with Crippen molar-refractivity contribution < 1.29 is 13.2 Å². The number of amides is 1. The zero-order valence-electron chi connectivity index (χ0n) is 14.7. The van der Waals surface area contributed by atoms with Gasteiger partial charge < -0.3 is 4.90 Å². The molecule has 1 fully saturated rings. The molecule has 0 radical (unpaired) electrons. The van der Waals surface area contributed by atoms with Gasteiger partial charge in [0.1, 0.15) is 6.33 Å². The molecule has 2 heterocycles. The number of aromatic amines is 1. The highest BCUT2D eigenvalue weighted by Gasteiger charge is 2.30. The van der Waals surface area contributed by atoms with Crippen molar-refractivity contribution in [2.24, 2.45) is 0 Å². The number of carbonyl (C=O) groups excluding carboxylic acids is 1. The van der Waals surface area contributed by atoms with Crippen molar-refractivity contribution in [1.82, 2.24) is 24.4 Å². The zero-order chi connectivity index (χ0) is 18.7. The van der Waals surface area contributed by atoms with Crippen molar-refractivity contribution in [3.05, 3.63) is 35.7 Å². The van der Waals surface area contributed by atoms with Gasteiger partial charge in [-0.05, 0) is 37.1 Å². The van der Waals surface area contributed by atoms with Crippen molar-refractivity contribution in [3.8, 4) is 0 Å². The zero-order valence-corrected chi connectivity index (χ0v) is 16.3. The number of rotatable bonds is 5. The smallest absolute Gasteiger partial charge is 0.243 e. The maximum Gasteiger partial charge on any atom is 0.243 e. The third-order valence-electron chi connectivity index (χ3n) is 4.43. The van der Waals surface area contributed by atoms with E-state index in [1.807, 2.05) is 19.9 Å². The number of nitrogens with zero attached hydrogens (tertiary/aromatic N) is 4.